The number of pyridine rings is 1. The average molecular weight is 465 g/mol. The first-order valence-electron chi connectivity index (χ1n) is 10.9. The summed E-state index contributed by atoms with van der Waals surface area (Å²) in [4.78, 5) is 39.7. The van der Waals surface area contributed by atoms with Crippen molar-refractivity contribution >= 4 is 28.5 Å². The van der Waals surface area contributed by atoms with Gasteiger partial charge in [0.1, 0.15) is 0 Å². The van der Waals surface area contributed by atoms with E-state index < -0.39 is 0 Å². The molecule has 170 valence electrons. The summed E-state index contributed by atoms with van der Waals surface area (Å²) in [6, 6.07) is 12.9. The van der Waals surface area contributed by atoms with Gasteiger partial charge in [-0.15, -0.1) is 5.10 Å². The maximum Gasteiger partial charge on any atom is 0.322 e. The number of nitrogens with zero attached hydrogens (tertiary/aromatic N) is 4. The van der Waals surface area contributed by atoms with E-state index in [1.54, 1.807) is 17.0 Å². The minimum Gasteiger partial charge on any atom is -0.346 e. The minimum atomic E-state index is -0.385. The zero-order valence-electron chi connectivity index (χ0n) is 18.2. The van der Waals surface area contributed by atoms with E-state index in [0.29, 0.717) is 31.2 Å². The number of carbonyl (C=O) groups excluding carboxylic acids is 2. The number of hydrogen-bond acceptors (Lipinski definition) is 6. The largest absolute Gasteiger partial charge is 0.346 e. The van der Waals surface area contributed by atoms with E-state index in [9.17, 15) is 14.4 Å². The number of hydrogen-bond donors (Lipinski definition) is 2. The van der Waals surface area contributed by atoms with Crippen LogP contribution in [0.5, 0.6) is 0 Å². The first-order chi connectivity index (χ1) is 16.0. The molecule has 2 aromatic heterocycles. The molecule has 0 spiro atoms. The summed E-state index contributed by atoms with van der Waals surface area (Å²) in [5.74, 6) is -0.0445. The van der Waals surface area contributed by atoms with E-state index in [0.717, 1.165) is 34.8 Å². The Morgan fingerprint density at radius 2 is 2.00 bits per heavy atom. The molecule has 0 radical (unpaired) electrons. The van der Waals surface area contributed by atoms with Gasteiger partial charge in [-0.2, -0.15) is 0 Å². The first kappa shape index (κ1) is 21.3. The van der Waals surface area contributed by atoms with Gasteiger partial charge in [0.15, 0.2) is 10.7 Å². The Hall–Kier alpha value is -3.53. The Balaban J connectivity index is 1.25. The Morgan fingerprint density at radius 3 is 2.85 bits per heavy atom. The monoisotopic (exact) mass is 464 g/mol. The van der Waals surface area contributed by atoms with Crippen LogP contribution in [-0.2, 0) is 13.1 Å². The highest BCUT2D eigenvalue weighted by Gasteiger charge is 2.36. The number of likely N-dealkylation sites (tertiary alicyclic amines) is 1. The lowest BCUT2D eigenvalue weighted by Gasteiger charge is -2.42. The number of anilines is 1. The lowest BCUT2D eigenvalue weighted by Crippen LogP contribution is -2.50. The Labute approximate surface area is 194 Å². The van der Waals surface area contributed by atoms with Crippen molar-refractivity contribution in [2.45, 2.75) is 32.4 Å². The average Bonchev–Trinajstić information content (AvgIpc) is 3.26. The van der Waals surface area contributed by atoms with E-state index in [2.05, 4.69) is 20.2 Å². The van der Waals surface area contributed by atoms with Crippen molar-refractivity contribution in [2.75, 3.05) is 18.4 Å². The van der Waals surface area contributed by atoms with E-state index in [4.69, 9.17) is 0 Å². The molecule has 33 heavy (non-hydrogen) atoms. The van der Waals surface area contributed by atoms with Crippen LogP contribution in [0.15, 0.2) is 47.3 Å². The number of piperidine rings is 1. The molecule has 2 N–H and O–H groups in total. The summed E-state index contributed by atoms with van der Waals surface area (Å²) >= 11 is 0.980. The van der Waals surface area contributed by atoms with Crippen molar-refractivity contribution < 1.29 is 9.59 Å². The molecule has 4 heterocycles. The third-order valence-corrected chi connectivity index (χ3v) is 6.87. The summed E-state index contributed by atoms with van der Waals surface area (Å²) in [6.45, 7) is 4.05. The molecule has 0 unspecified atom stereocenters. The summed E-state index contributed by atoms with van der Waals surface area (Å²) in [6.07, 6.45) is 0.960. The lowest BCUT2D eigenvalue weighted by molar-refractivity contribution is 0.0946. The van der Waals surface area contributed by atoms with Crippen molar-refractivity contribution in [3.63, 3.8) is 0 Å². The van der Waals surface area contributed by atoms with Gasteiger partial charge in [-0.1, -0.05) is 40.4 Å². The second-order valence-electron chi connectivity index (χ2n) is 8.66. The summed E-state index contributed by atoms with van der Waals surface area (Å²) in [7, 11) is 0. The first-order valence-corrected chi connectivity index (χ1v) is 11.7. The topological polar surface area (TPSA) is 109 Å². The maximum atomic E-state index is 13.0. The number of rotatable bonds is 4. The fourth-order valence-electron chi connectivity index (χ4n) is 4.75. The number of nitrogens with one attached hydrogen (secondary N) is 2. The number of carbonyl (C=O) groups is 2. The fraction of sp³-hybridized carbons (Fsp3) is 0.348. The molecule has 3 aromatic rings. The highest BCUT2D eigenvalue weighted by atomic mass is 32.1. The SMILES string of the molecule is Cc1cccc(CNC(=O)c2nnsc2NC(=O)N2C[C@@H]3C[C@@H](C2)c2cccc(=O)n2C3)c1. The molecular weight excluding hydrogens is 440 g/mol. The molecule has 1 fully saturated rings. The van der Waals surface area contributed by atoms with Crippen LogP contribution in [-0.4, -0.2) is 44.1 Å². The molecular formula is C23H24N6O3S. The summed E-state index contributed by atoms with van der Waals surface area (Å²) < 4.78 is 5.70. The van der Waals surface area contributed by atoms with Gasteiger partial charge in [0, 0.05) is 55.4 Å². The second kappa shape index (κ2) is 8.78. The fourth-order valence-corrected chi connectivity index (χ4v) is 5.30. The molecule has 2 atom stereocenters. The molecule has 2 bridgehead atoms. The highest BCUT2D eigenvalue weighted by molar-refractivity contribution is 7.10. The van der Waals surface area contributed by atoms with Gasteiger partial charge in [0.25, 0.3) is 11.5 Å². The van der Waals surface area contributed by atoms with E-state index in [1.165, 1.54) is 0 Å². The molecule has 0 saturated carbocycles. The van der Waals surface area contributed by atoms with Gasteiger partial charge in [0.05, 0.1) is 0 Å². The van der Waals surface area contributed by atoms with Crippen molar-refractivity contribution in [3.05, 3.63) is 75.3 Å². The van der Waals surface area contributed by atoms with Crippen LogP contribution in [0, 0.1) is 12.8 Å². The molecule has 2 aliphatic heterocycles. The maximum absolute atomic E-state index is 13.0. The predicted molar refractivity (Wildman–Crippen MR) is 124 cm³/mol. The molecule has 9 nitrogen and oxygen atoms in total. The normalized spacial score (nSPS) is 19.0. The predicted octanol–water partition coefficient (Wildman–Crippen LogP) is 2.59. The molecule has 1 saturated heterocycles. The van der Waals surface area contributed by atoms with Gasteiger partial charge in [-0.05, 0) is 30.9 Å². The molecule has 1 aromatic carbocycles. The van der Waals surface area contributed by atoms with E-state index in [1.807, 2.05) is 41.8 Å². The molecule has 3 amide bonds. The molecule has 5 rings (SSSR count). The Kier molecular flexibility index (Phi) is 5.67. The number of aromatic nitrogens is 3. The van der Waals surface area contributed by atoms with Crippen LogP contribution in [0.2, 0.25) is 0 Å². The summed E-state index contributed by atoms with van der Waals surface area (Å²) in [5.41, 5.74) is 3.19. The third kappa shape index (κ3) is 4.38. The van der Waals surface area contributed by atoms with Crippen molar-refractivity contribution in [1.29, 1.82) is 0 Å². The van der Waals surface area contributed by atoms with Gasteiger partial charge in [-0.3, -0.25) is 14.9 Å². The standard InChI is InChI=1S/C23H24N6O3S/c1-14-4-2-5-15(8-14)10-24-21(31)20-22(33-27-26-20)25-23(32)28-11-16-9-17(13-28)18-6-3-7-19(30)29(18)12-16/h2-8,16-17H,9-13H2,1H3,(H,24,31)(H,25,32)/t16-,17-/m0/s1. The van der Waals surface area contributed by atoms with E-state index >= 15 is 0 Å². The lowest BCUT2D eigenvalue weighted by atomic mass is 9.83. The second-order valence-corrected chi connectivity index (χ2v) is 9.41. The van der Waals surface area contributed by atoms with Gasteiger partial charge in [0.2, 0.25) is 0 Å². The van der Waals surface area contributed by atoms with Crippen LogP contribution < -0.4 is 16.2 Å². The van der Waals surface area contributed by atoms with Crippen LogP contribution in [0.25, 0.3) is 0 Å². The van der Waals surface area contributed by atoms with Gasteiger partial charge >= 0.3 is 6.03 Å². The molecule has 0 aliphatic carbocycles. The molecule has 10 heteroatoms. The smallest absolute Gasteiger partial charge is 0.322 e. The highest BCUT2D eigenvalue weighted by Crippen LogP contribution is 2.35. The number of amides is 3. The third-order valence-electron chi connectivity index (χ3n) is 6.23. The van der Waals surface area contributed by atoms with Crippen LogP contribution in [0.4, 0.5) is 9.80 Å². The van der Waals surface area contributed by atoms with Crippen LogP contribution in [0.1, 0.15) is 39.6 Å². The van der Waals surface area contributed by atoms with Crippen molar-refractivity contribution in [2.24, 2.45) is 5.92 Å². The number of fused-ring (bicyclic) bond motifs is 4. The van der Waals surface area contributed by atoms with Crippen LogP contribution in [0.3, 0.4) is 0 Å². The number of benzene rings is 1. The zero-order valence-corrected chi connectivity index (χ0v) is 19.0. The minimum absolute atomic E-state index is 0.0113. The Morgan fingerprint density at radius 1 is 1.15 bits per heavy atom. The van der Waals surface area contributed by atoms with Gasteiger partial charge in [-0.25, -0.2) is 4.79 Å². The zero-order chi connectivity index (χ0) is 22.9. The summed E-state index contributed by atoms with van der Waals surface area (Å²) in [5, 5.41) is 9.92. The van der Waals surface area contributed by atoms with Crippen molar-refractivity contribution in [3.8, 4) is 0 Å². The van der Waals surface area contributed by atoms with Gasteiger partial charge < -0.3 is 14.8 Å². The molecule has 2 aliphatic rings. The van der Waals surface area contributed by atoms with Crippen molar-refractivity contribution in [1.82, 2.24) is 24.4 Å². The van der Waals surface area contributed by atoms with E-state index in [-0.39, 0.29) is 35.0 Å². The number of urea groups is 1. The van der Waals surface area contributed by atoms with Crippen LogP contribution >= 0.6 is 11.5 Å². The quantitative estimate of drug-likeness (QED) is 0.617. The Bertz CT molecular complexity index is 1270. The number of aryl methyl sites for hydroxylation is 1.